The number of ketones is 1. The Kier molecular flexibility index (Phi) is 6.33. The second-order valence-electron chi connectivity index (χ2n) is 3.31. The van der Waals surface area contributed by atoms with Gasteiger partial charge < -0.3 is 0 Å². The monoisotopic (exact) mass is 209 g/mol. The van der Waals surface area contributed by atoms with Crippen LogP contribution >= 0.6 is 11.8 Å². The Balaban J connectivity index is 1.97. The van der Waals surface area contributed by atoms with Crippen LogP contribution in [0.15, 0.2) is 0 Å². The first kappa shape index (κ1) is 12.1. The van der Waals surface area contributed by atoms with Crippen molar-refractivity contribution in [1.29, 1.82) is 0 Å². The fourth-order valence-corrected chi connectivity index (χ4v) is 2.24. The highest BCUT2D eigenvalue weighted by Gasteiger charge is 2.23. The fourth-order valence-electron chi connectivity index (χ4n) is 1.22. The summed E-state index contributed by atoms with van der Waals surface area (Å²) in [6.45, 7) is 2.19. The van der Waals surface area contributed by atoms with Gasteiger partial charge in [-0.05, 0) is 37.9 Å². The number of hydrogen-bond acceptors (Lipinski definition) is 2. The molecule has 0 bridgehead atoms. The van der Waals surface area contributed by atoms with Crippen LogP contribution < -0.4 is 0 Å². The maximum atomic E-state index is 11.5. The summed E-state index contributed by atoms with van der Waals surface area (Å²) in [5, 5.41) is 0. The number of Topliss-reactive ketones (excluding diaryl/α,β-unsaturated/α-hetero) is 1. The molecule has 1 saturated carbocycles. The molecule has 0 aliphatic heterocycles. The van der Waals surface area contributed by atoms with Crippen LogP contribution in [0.4, 0.5) is 0 Å². The van der Waals surface area contributed by atoms with Gasteiger partial charge in [0.1, 0.15) is 5.78 Å². The van der Waals surface area contributed by atoms with Gasteiger partial charge in [-0.25, -0.2) is 0 Å². The first-order valence-electron chi connectivity index (χ1n) is 5.17. The summed E-state index contributed by atoms with van der Waals surface area (Å²) in [5.41, 5.74) is 0. The number of hydrogen-bond donors (Lipinski definition) is 0. The van der Waals surface area contributed by atoms with Crippen molar-refractivity contribution in [3.05, 3.63) is 31.6 Å². The summed E-state index contributed by atoms with van der Waals surface area (Å²) in [4.78, 5) is 11.5. The van der Waals surface area contributed by atoms with Crippen molar-refractivity contribution in [2.75, 3.05) is 11.5 Å². The predicted molar refractivity (Wildman–Crippen MR) is 62.3 cm³/mol. The van der Waals surface area contributed by atoms with Gasteiger partial charge in [0.05, 0.1) is 0 Å². The lowest BCUT2D eigenvalue weighted by Crippen LogP contribution is -2.10. The highest BCUT2D eigenvalue weighted by molar-refractivity contribution is 7.99. The lowest BCUT2D eigenvalue weighted by atomic mass is 10.0. The van der Waals surface area contributed by atoms with Crippen LogP contribution in [-0.2, 0) is 4.79 Å². The van der Waals surface area contributed by atoms with Gasteiger partial charge in [0, 0.05) is 18.1 Å². The number of carbonyl (C=O) groups excluding carboxylic acids is 1. The molecule has 0 unspecified atom stereocenters. The van der Waals surface area contributed by atoms with Gasteiger partial charge in [-0.15, -0.1) is 0 Å². The lowest BCUT2D eigenvalue weighted by Gasteiger charge is -2.05. The molecule has 0 heterocycles. The zero-order valence-corrected chi connectivity index (χ0v) is 9.48. The highest BCUT2D eigenvalue weighted by atomic mass is 32.2. The van der Waals surface area contributed by atoms with Gasteiger partial charge in [-0.3, -0.25) is 4.79 Å². The van der Waals surface area contributed by atoms with E-state index in [2.05, 4.69) is 6.92 Å². The van der Waals surface area contributed by atoms with Crippen molar-refractivity contribution in [2.24, 2.45) is 0 Å². The molecule has 1 fully saturated rings. The van der Waals surface area contributed by atoms with Crippen LogP contribution in [0.25, 0.3) is 0 Å². The zero-order chi connectivity index (χ0) is 10.2. The first-order valence-corrected chi connectivity index (χ1v) is 6.32. The topological polar surface area (TPSA) is 17.1 Å². The molecular formula is C12H17OS. The number of rotatable bonds is 7. The van der Waals surface area contributed by atoms with Crippen LogP contribution in [0.2, 0.25) is 0 Å². The molecule has 0 aromatic rings. The van der Waals surface area contributed by atoms with Crippen LogP contribution in [0.1, 0.15) is 26.2 Å². The number of carbonyl (C=O) groups is 1. The van der Waals surface area contributed by atoms with Gasteiger partial charge in [0.15, 0.2) is 0 Å². The van der Waals surface area contributed by atoms with E-state index in [-0.39, 0.29) is 5.78 Å². The molecule has 1 aliphatic carbocycles. The van der Waals surface area contributed by atoms with Crippen LogP contribution in [-0.4, -0.2) is 17.3 Å². The highest BCUT2D eigenvalue weighted by Crippen LogP contribution is 2.25. The maximum Gasteiger partial charge on any atom is 0.141 e. The van der Waals surface area contributed by atoms with Gasteiger partial charge in [-0.2, -0.15) is 11.8 Å². The van der Waals surface area contributed by atoms with E-state index in [1.807, 2.05) is 37.4 Å². The minimum atomic E-state index is 0.277. The molecule has 2 heteroatoms. The average Bonchev–Trinajstić information content (AvgIpc) is 2.70. The summed E-state index contributed by atoms with van der Waals surface area (Å²) in [6.07, 6.45) is 10.8. The quantitative estimate of drug-likeness (QED) is 0.600. The Morgan fingerprint density at radius 3 is 2.64 bits per heavy atom. The summed E-state index contributed by atoms with van der Waals surface area (Å²) in [5.74, 6) is 3.29. The van der Waals surface area contributed by atoms with E-state index in [1.54, 1.807) is 0 Å². The smallest absolute Gasteiger partial charge is 0.141 e. The average molecular weight is 209 g/mol. The van der Waals surface area contributed by atoms with Crippen molar-refractivity contribution in [1.82, 2.24) is 0 Å². The summed E-state index contributed by atoms with van der Waals surface area (Å²) < 4.78 is 0. The largest absolute Gasteiger partial charge is 0.299 e. The van der Waals surface area contributed by atoms with Crippen LogP contribution in [0.3, 0.4) is 0 Å². The van der Waals surface area contributed by atoms with Gasteiger partial charge in [0.25, 0.3) is 0 Å². The molecular weight excluding hydrogens is 192 g/mol. The molecule has 77 valence electrons. The predicted octanol–water partition coefficient (Wildman–Crippen LogP) is 2.88. The maximum absolute atomic E-state index is 11.5. The van der Waals surface area contributed by atoms with E-state index in [9.17, 15) is 4.79 Å². The molecule has 14 heavy (non-hydrogen) atoms. The second kappa shape index (κ2) is 7.33. The van der Waals surface area contributed by atoms with E-state index >= 15 is 0 Å². The Labute approximate surface area is 92.0 Å². The van der Waals surface area contributed by atoms with Crippen molar-refractivity contribution in [3.63, 3.8) is 0 Å². The van der Waals surface area contributed by atoms with Crippen LogP contribution in [0.5, 0.6) is 0 Å². The molecule has 0 aromatic carbocycles. The SMILES string of the molecule is CCCCSCCC(=O)[C]1[CH][CH][CH][CH]1. The van der Waals surface area contributed by atoms with Crippen molar-refractivity contribution >= 4 is 17.5 Å². The van der Waals surface area contributed by atoms with Gasteiger partial charge in [-0.1, -0.05) is 13.3 Å². The molecule has 0 saturated heterocycles. The lowest BCUT2D eigenvalue weighted by molar-refractivity contribution is -0.116. The van der Waals surface area contributed by atoms with E-state index in [4.69, 9.17) is 0 Å². The fraction of sp³-hybridized carbons (Fsp3) is 0.500. The third-order valence-corrected chi connectivity index (χ3v) is 3.17. The van der Waals surface area contributed by atoms with E-state index in [0.717, 1.165) is 11.7 Å². The molecule has 1 rings (SSSR count). The van der Waals surface area contributed by atoms with E-state index in [1.165, 1.54) is 18.6 Å². The molecule has 0 spiro atoms. The normalized spacial score (nSPS) is 17.5. The van der Waals surface area contributed by atoms with Crippen LogP contribution in [0, 0.1) is 31.6 Å². The Hall–Kier alpha value is 0.0200. The third-order valence-electron chi connectivity index (χ3n) is 2.10. The van der Waals surface area contributed by atoms with Gasteiger partial charge >= 0.3 is 0 Å². The van der Waals surface area contributed by atoms with Crippen molar-refractivity contribution in [2.45, 2.75) is 26.2 Å². The molecule has 0 aromatic heterocycles. The zero-order valence-electron chi connectivity index (χ0n) is 8.66. The van der Waals surface area contributed by atoms with E-state index in [0.29, 0.717) is 6.42 Å². The minimum Gasteiger partial charge on any atom is -0.299 e. The van der Waals surface area contributed by atoms with Gasteiger partial charge in [0.2, 0.25) is 0 Å². The summed E-state index contributed by atoms with van der Waals surface area (Å²) in [7, 11) is 0. The number of unbranched alkanes of at least 4 members (excludes halogenated alkanes) is 1. The Morgan fingerprint density at radius 2 is 2.00 bits per heavy atom. The molecule has 1 aliphatic rings. The standard InChI is InChI=1S/C12H17OS/c1-2-3-9-14-10-8-12(13)11-6-4-5-7-11/h4-7H,2-3,8-10H2,1H3. The number of thioether (sulfide) groups is 1. The van der Waals surface area contributed by atoms with Crippen molar-refractivity contribution < 1.29 is 4.79 Å². The third kappa shape index (κ3) is 4.50. The molecule has 1 nitrogen and oxygen atoms in total. The molecule has 0 atom stereocenters. The van der Waals surface area contributed by atoms with Crippen molar-refractivity contribution in [3.8, 4) is 0 Å². The van der Waals surface area contributed by atoms with E-state index < -0.39 is 0 Å². The summed E-state index contributed by atoms with van der Waals surface area (Å²) >= 11 is 1.88. The molecule has 0 N–H and O–H groups in total. The minimum absolute atomic E-state index is 0.277. The Bertz CT molecular complexity index is 162. The first-order chi connectivity index (χ1) is 6.84. The Morgan fingerprint density at radius 1 is 1.29 bits per heavy atom. The molecule has 0 amide bonds. The molecule has 5 radical (unpaired) electrons. The second-order valence-corrected chi connectivity index (χ2v) is 4.54. The summed E-state index contributed by atoms with van der Waals surface area (Å²) in [6, 6.07) is 0.